The second-order valence-electron chi connectivity index (χ2n) is 7.35. The van der Waals surface area contributed by atoms with Gasteiger partial charge >= 0.3 is 0 Å². The first-order chi connectivity index (χ1) is 14.0. The molecule has 4 rings (SSSR count). The summed E-state index contributed by atoms with van der Waals surface area (Å²) in [5.41, 5.74) is 5.05. The van der Waals surface area contributed by atoms with E-state index in [1.54, 1.807) is 7.11 Å². The van der Waals surface area contributed by atoms with E-state index in [1.165, 1.54) is 12.7 Å². The molecule has 0 fully saturated rings. The van der Waals surface area contributed by atoms with E-state index >= 15 is 0 Å². The summed E-state index contributed by atoms with van der Waals surface area (Å²) in [5.74, 6) is 0.798. The molecule has 0 spiro atoms. The van der Waals surface area contributed by atoms with Gasteiger partial charge in [0.15, 0.2) is 11.1 Å². The van der Waals surface area contributed by atoms with Crippen molar-refractivity contribution in [1.29, 1.82) is 0 Å². The van der Waals surface area contributed by atoms with E-state index in [-0.39, 0.29) is 0 Å². The molecule has 29 heavy (non-hydrogen) atoms. The molecule has 0 N–H and O–H groups in total. The maximum absolute atomic E-state index is 13.0. The summed E-state index contributed by atoms with van der Waals surface area (Å²) in [6.45, 7) is 6.12. The smallest absolute Gasteiger partial charge is 0.189 e. The van der Waals surface area contributed by atoms with Gasteiger partial charge in [-0.1, -0.05) is 54.1 Å². The second kappa shape index (κ2) is 7.62. The van der Waals surface area contributed by atoms with Gasteiger partial charge in [-0.25, -0.2) is 4.21 Å². The summed E-state index contributed by atoms with van der Waals surface area (Å²) in [5, 5.41) is 4.34. The lowest BCUT2D eigenvalue weighted by molar-refractivity contribution is 0.414. The van der Waals surface area contributed by atoms with Crippen LogP contribution in [0.4, 0.5) is 0 Å². The number of hydrogen-bond acceptors (Lipinski definition) is 3. The van der Waals surface area contributed by atoms with E-state index in [4.69, 9.17) is 8.92 Å². The van der Waals surface area contributed by atoms with Gasteiger partial charge in [0.25, 0.3) is 0 Å². The van der Waals surface area contributed by atoms with Crippen LogP contribution in [0.25, 0.3) is 32.7 Å². The van der Waals surface area contributed by atoms with Crippen molar-refractivity contribution in [1.82, 2.24) is 0 Å². The highest BCUT2D eigenvalue weighted by Gasteiger charge is 2.24. The molecule has 148 valence electrons. The first kappa shape index (κ1) is 19.6. The third-order valence-electron chi connectivity index (χ3n) is 5.39. The van der Waals surface area contributed by atoms with E-state index < -0.39 is 11.1 Å². The predicted octanol–water partition coefficient (Wildman–Crippen LogP) is 6.26. The number of methoxy groups -OCH3 is 1. The standard InChI is InChI=1S/C25H24O3S/c1-15-10-11-21-19(12-15)13-16(2)24(27-4)22(21)23-20-9-7-6-8-18(20)14-17(3)25(23)29(26)28-5/h6-14H,1-5H3. The minimum absolute atomic E-state index is 0.692. The van der Waals surface area contributed by atoms with Crippen molar-refractivity contribution >= 4 is 32.6 Å². The maximum Gasteiger partial charge on any atom is 0.189 e. The van der Waals surface area contributed by atoms with Gasteiger partial charge in [-0.15, -0.1) is 0 Å². The van der Waals surface area contributed by atoms with Gasteiger partial charge in [-0.05, 0) is 59.5 Å². The van der Waals surface area contributed by atoms with Gasteiger partial charge in [0, 0.05) is 11.1 Å². The Kier molecular flexibility index (Phi) is 5.15. The minimum Gasteiger partial charge on any atom is -0.496 e. The Bertz CT molecular complexity index is 1270. The number of rotatable bonds is 4. The number of fused-ring (bicyclic) bond motifs is 2. The van der Waals surface area contributed by atoms with Gasteiger partial charge in [-0.2, -0.15) is 0 Å². The first-order valence-electron chi connectivity index (χ1n) is 9.53. The highest BCUT2D eigenvalue weighted by molar-refractivity contribution is 7.80. The molecule has 0 radical (unpaired) electrons. The topological polar surface area (TPSA) is 35.5 Å². The Hall–Kier alpha value is -2.69. The van der Waals surface area contributed by atoms with Crippen molar-refractivity contribution in [2.45, 2.75) is 25.7 Å². The molecule has 0 heterocycles. The summed E-state index contributed by atoms with van der Waals surface area (Å²) in [4.78, 5) is 0.692. The molecule has 4 aromatic rings. The van der Waals surface area contributed by atoms with Crippen LogP contribution in [0, 0.1) is 20.8 Å². The number of ether oxygens (including phenoxy) is 1. The summed E-state index contributed by atoms with van der Waals surface area (Å²) in [7, 11) is 3.17. The van der Waals surface area contributed by atoms with Crippen LogP contribution in [0.1, 0.15) is 16.7 Å². The van der Waals surface area contributed by atoms with Crippen molar-refractivity contribution in [3.8, 4) is 16.9 Å². The molecule has 0 saturated heterocycles. The van der Waals surface area contributed by atoms with Gasteiger partial charge < -0.3 is 4.74 Å². The van der Waals surface area contributed by atoms with Crippen molar-refractivity contribution in [2.24, 2.45) is 0 Å². The zero-order valence-electron chi connectivity index (χ0n) is 17.3. The first-order valence-corrected chi connectivity index (χ1v) is 10.6. The molecule has 0 aromatic heterocycles. The van der Waals surface area contributed by atoms with E-state index in [1.807, 2.05) is 19.1 Å². The van der Waals surface area contributed by atoms with Crippen molar-refractivity contribution in [3.63, 3.8) is 0 Å². The third kappa shape index (κ3) is 3.22. The molecular formula is C25H24O3S. The fourth-order valence-electron chi connectivity index (χ4n) is 4.17. The molecular weight excluding hydrogens is 380 g/mol. The lowest BCUT2D eigenvalue weighted by Crippen LogP contribution is -2.03. The molecule has 0 aliphatic carbocycles. The fraction of sp³-hybridized carbons (Fsp3) is 0.200. The lowest BCUT2D eigenvalue weighted by Gasteiger charge is -2.21. The van der Waals surface area contributed by atoms with Crippen LogP contribution in [0.15, 0.2) is 59.5 Å². The SMILES string of the molecule is COc1c(C)cc2cc(C)ccc2c1-c1c(S(=O)OC)c(C)cc2ccccc12. The molecule has 0 amide bonds. The molecule has 0 bridgehead atoms. The van der Waals surface area contributed by atoms with Crippen LogP contribution in [0.5, 0.6) is 5.75 Å². The summed E-state index contributed by atoms with van der Waals surface area (Å²) < 4.78 is 24.2. The van der Waals surface area contributed by atoms with Gasteiger partial charge in [0.2, 0.25) is 0 Å². The minimum atomic E-state index is -1.59. The van der Waals surface area contributed by atoms with Crippen LogP contribution in [-0.2, 0) is 15.3 Å². The highest BCUT2D eigenvalue weighted by atomic mass is 32.2. The Morgan fingerprint density at radius 1 is 0.759 bits per heavy atom. The molecule has 0 saturated carbocycles. The van der Waals surface area contributed by atoms with E-state index in [9.17, 15) is 4.21 Å². The van der Waals surface area contributed by atoms with Gasteiger partial charge in [0.1, 0.15) is 5.75 Å². The predicted molar refractivity (Wildman–Crippen MR) is 121 cm³/mol. The zero-order valence-corrected chi connectivity index (χ0v) is 18.1. The number of benzene rings is 4. The normalized spacial score (nSPS) is 12.4. The Labute approximate surface area is 173 Å². The number of hydrogen-bond donors (Lipinski definition) is 0. The van der Waals surface area contributed by atoms with Gasteiger partial charge in [-0.3, -0.25) is 4.18 Å². The van der Waals surface area contributed by atoms with Gasteiger partial charge in [0.05, 0.1) is 19.1 Å². The van der Waals surface area contributed by atoms with Crippen molar-refractivity contribution in [3.05, 3.63) is 71.3 Å². The van der Waals surface area contributed by atoms with Crippen LogP contribution >= 0.6 is 0 Å². The summed E-state index contributed by atoms with van der Waals surface area (Å²) in [6, 6.07) is 18.8. The van der Waals surface area contributed by atoms with E-state index in [0.717, 1.165) is 49.5 Å². The average molecular weight is 405 g/mol. The molecule has 4 heteroatoms. The molecule has 4 aromatic carbocycles. The Morgan fingerprint density at radius 3 is 2.17 bits per heavy atom. The average Bonchev–Trinajstić information content (AvgIpc) is 2.71. The molecule has 1 unspecified atom stereocenters. The summed E-state index contributed by atoms with van der Waals surface area (Å²) >= 11 is -1.59. The monoisotopic (exact) mass is 404 g/mol. The zero-order chi connectivity index (χ0) is 20.7. The Morgan fingerprint density at radius 2 is 1.45 bits per heavy atom. The molecule has 1 atom stereocenters. The molecule has 0 aliphatic rings. The van der Waals surface area contributed by atoms with Crippen LogP contribution in [-0.4, -0.2) is 18.4 Å². The Balaban J connectivity index is 2.29. The highest BCUT2D eigenvalue weighted by Crippen LogP contribution is 2.46. The van der Waals surface area contributed by atoms with Crippen LogP contribution < -0.4 is 4.74 Å². The number of aryl methyl sites for hydroxylation is 3. The third-order valence-corrected chi connectivity index (χ3v) is 6.56. The lowest BCUT2D eigenvalue weighted by atomic mass is 9.89. The second-order valence-corrected chi connectivity index (χ2v) is 8.56. The molecule has 3 nitrogen and oxygen atoms in total. The van der Waals surface area contributed by atoms with E-state index in [2.05, 4.69) is 56.3 Å². The van der Waals surface area contributed by atoms with Crippen molar-refractivity contribution in [2.75, 3.05) is 14.2 Å². The summed E-state index contributed by atoms with van der Waals surface area (Å²) in [6.07, 6.45) is 0. The quantitative estimate of drug-likeness (QED) is 0.402. The molecule has 0 aliphatic heterocycles. The van der Waals surface area contributed by atoms with E-state index in [0.29, 0.717) is 4.90 Å². The van der Waals surface area contributed by atoms with Crippen LogP contribution in [0.2, 0.25) is 0 Å². The maximum atomic E-state index is 13.0. The van der Waals surface area contributed by atoms with Crippen molar-refractivity contribution < 1.29 is 13.1 Å². The van der Waals surface area contributed by atoms with Crippen LogP contribution in [0.3, 0.4) is 0 Å². The fourth-order valence-corrected chi connectivity index (χ4v) is 5.04. The largest absolute Gasteiger partial charge is 0.496 e.